The Kier molecular flexibility index (Phi) is 5.07. The molecule has 0 aliphatic heterocycles. The molecular weight excluding hydrogens is 280 g/mol. The van der Waals surface area contributed by atoms with Crippen molar-refractivity contribution in [3.8, 4) is 0 Å². The highest BCUT2D eigenvalue weighted by Crippen LogP contribution is 2.19. The Hall–Kier alpha value is -0.590. The fourth-order valence-electron chi connectivity index (χ4n) is 0.934. The predicted octanol–water partition coefficient (Wildman–Crippen LogP) is 1.69. The van der Waals surface area contributed by atoms with Gasteiger partial charge >= 0.3 is 6.03 Å². The van der Waals surface area contributed by atoms with Crippen molar-refractivity contribution in [3.05, 3.63) is 20.8 Å². The first-order chi connectivity index (χ1) is 7.11. The van der Waals surface area contributed by atoms with Crippen molar-refractivity contribution in [3.63, 3.8) is 0 Å². The summed E-state index contributed by atoms with van der Waals surface area (Å²) in [5, 5.41) is 16.0. The van der Waals surface area contributed by atoms with Gasteiger partial charge in [-0.1, -0.05) is 0 Å². The Labute approximate surface area is 101 Å². The largest absolute Gasteiger partial charge is 0.394 e. The van der Waals surface area contributed by atoms with Gasteiger partial charge in [-0.05, 0) is 28.9 Å². The molecule has 1 atom stereocenters. The van der Waals surface area contributed by atoms with Gasteiger partial charge in [-0.2, -0.15) is 0 Å². The summed E-state index contributed by atoms with van der Waals surface area (Å²) in [5.74, 6) is 0. The van der Waals surface area contributed by atoms with Crippen molar-refractivity contribution in [1.82, 2.24) is 10.6 Å². The number of aliphatic hydroxyl groups is 1. The number of hydrogen-bond donors (Lipinski definition) is 3. The molecule has 0 unspecified atom stereocenters. The van der Waals surface area contributed by atoms with E-state index in [1.807, 2.05) is 11.4 Å². The molecule has 1 rings (SSSR count). The molecule has 1 aromatic rings. The minimum absolute atomic E-state index is 0.0576. The zero-order chi connectivity index (χ0) is 11.3. The lowest BCUT2D eigenvalue weighted by Crippen LogP contribution is -2.41. The van der Waals surface area contributed by atoms with Crippen LogP contribution in [0.1, 0.15) is 11.8 Å². The molecule has 0 bridgehead atoms. The number of carbonyl (C=O) groups is 1. The van der Waals surface area contributed by atoms with E-state index in [4.69, 9.17) is 5.11 Å². The first kappa shape index (κ1) is 12.5. The summed E-state index contributed by atoms with van der Waals surface area (Å²) in [5.41, 5.74) is 0. The number of nitrogens with one attached hydrogen (secondary N) is 2. The highest BCUT2D eigenvalue weighted by atomic mass is 79.9. The summed E-state index contributed by atoms with van der Waals surface area (Å²) in [4.78, 5) is 12.3. The molecule has 6 heteroatoms. The number of carbonyl (C=O) groups excluding carboxylic acids is 1. The van der Waals surface area contributed by atoms with E-state index in [0.29, 0.717) is 6.54 Å². The van der Waals surface area contributed by atoms with Crippen LogP contribution in [-0.2, 0) is 6.54 Å². The molecule has 3 N–H and O–H groups in total. The third kappa shape index (κ3) is 4.63. The Bertz CT molecular complexity index is 330. The minimum Gasteiger partial charge on any atom is -0.394 e. The number of rotatable bonds is 4. The SMILES string of the molecule is C[C@@H](CO)NC(=O)NCc1cc(Br)cs1. The van der Waals surface area contributed by atoms with Crippen LogP contribution >= 0.6 is 27.3 Å². The highest BCUT2D eigenvalue weighted by molar-refractivity contribution is 9.10. The van der Waals surface area contributed by atoms with E-state index < -0.39 is 0 Å². The normalized spacial score (nSPS) is 12.2. The molecule has 0 saturated carbocycles. The molecule has 1 heterocycles. The maximum Gasteiger partial charge on any atom is 0.315 e. The summed E-state index contributed by atoms with van der Waals surface area (Å²) in [6, 6.07) is 1.47. The molecule has 2 amide bonds. The van der Waals surface area contributed by atoms with Gasteiger partial charge in [-0.25, -0.2) is 4.79 Å². The zero-order valence-electron chi connectivity index (χ0n) is 8.29. The van der Waals surface area contributed by atoms with Crippen LogP contribution in [0.25, 0.3) is 0 Å². The van der Waals surface area contributed by atoms with E-state index >= 15 is 0 Å². The second kappa shape index (κ2) is 6.09. The molecule has 0 aliphatic carbocycles. The quantitative estimate of drug-likeness (QED) is 0.791. The monoisotopic (exact) mass is 292 g/mol. The van der Waals surface area contributed by atoms with Gasteiger partial charge in [-0.15, -0.1) is 11.3 Å². The third-order valence-electron chi connectivity index (χ3n) is 1.70. The Morgan fingerprint density at radius 3 is 3.00 bits per heavy atom. The molecule has 15 heavy (non-hydrogen) atoms. The second-order valence-corrected chi connectivity index (χ2v) is 5.05. The van der Waals surface area contributed by atoms with Crippen molar-refractivity contribution in [1.29, 1.82) is 0 Å². The van der Waals surface area contributed by atoms with Crippen LogP contribution in [0.2, 0.25) is 0 Å². The van der Waals surface area contributed by atoms with Gasteiger partial charge in [-0.3, -0.25) is 0 Å². The van der Waals surface area contributed by atoms with Crippen LogP contribution in [0.3, 0.4) is 0 Å². The van der Waals surface area contributed by atoms with Crippen molar-refractivity contribution in [2.75, 3.05) is 6.61 Å². The third-order valence-corrected chi connectivity index (χ3v) is 3.39. The number of aliphatic hydroxyl groups excluding tert-OH is 1. The summed E-state index contributed by atoms with van der Waals surface area (Å²) in [7, 11) is 0. The fourth-order valence-corrected chi connectivity index (χ4v) is 2.33. The molecule has 0 fully saturated rings. The summed E-state index contributed by atoms with van der Waals surface area (Å²) >= 11 is 4.92. The molecule has 84 valence electrons. The van der Waals surface area contributed by atoms with Gasteiger partial charge in [0.2, 0.25) is 0 Å². The predicted molar refractivity (Wildman–Crippen MR) is 63.9 cm³/mol. The second-order valence-electron chi connectivity index (χ2n) is 3.14. The molecule has 4 nitrogen and oxygen atoms in total. The smallest absolute Gasteiger partial charge is 0.315 e. The molecule has 0 radical (unpaired) electrons. The van der Waals surface area contributed by atoms with Gasteiger partial charge in [0.15, 0.2) is 0 Å². The van der Waals surface area contributed by atoms with Crippen LogP contribution in [0, 0.1) is 0 Å². The van der Waals surface area contributed by atoms with E-state index in [-0.39, 0.29) is 18.7 Å². The molecular formula is C9H13BrN2O2S. The number of thiophene rings is 1. The molecule has 0 saturated heterocycles. The van der Waals surface area contributed by atoms with Gasteiger partial charge in [0.1, 0.15) is 0 Å². The highest BCUT2D eigenvalue weighted by Gasteiger charge is 2.05. The van der Waals surface area contributed by atoms with Crippen molar-refractivity contribution < 1.29 is 9.90 Å². The Balaban J connectivity index is 2.28. The van der Waals surface area contributed by atoms with Gasteiger partial charge < -0.3 is 15.7 Å². The number of halogens is 1. The summed E-state index contributed by atoms with van der Waals surface area (Å²) in [6.07, 6.45) is 0. The van der Waals surface area contributed by atoms with Crippen LogP contribution < -0.4 is 10.6 Å². The van der Waals surface area contributed by atoms with E-state index in [1.165, 1.54) is 0 Å². The first-order valence-corrected chi connectivity index (χ1v) is 6.17. The molecule has 1 aromatic heterocycles. The van der Waals surface area contributed by atoms with Crippen LogP contribution in [0.4, 0.5) is 4.79 Å². The lowest BCUT2D eigenvalue weighted by molar-refractivity contribution is 0.220. The summed E-state index contributed by atoms with van der Waals surface area (Å²) in [6.45, 7) is 2.18. The van der Waals surface area contributed by atoms with E-state index in [9.17, 15) is 4.79 Å². The first-order valence-electron chi connectivity index (χ1n) is 4.50. The fraction of sp³-hybridized carbons (Fsp3) is 0.444. The minimum atomic E-state index is -0.263. The number of hydrogen-bond acceptors (Lipinski definition) is 3. The van der Waals surface area contributed by atoms with Crippen LogP contribution in [0.15, 0.2) is 15.9 Å². The van der Waals surface area contributed by atoms with E-state index in [0.717, 1.165) is 9.35 Å². The number of urea groups is 1. The maximum atomic E-state index is 11.3. The van der Waals surface area contributed by atoms with Crippen molar-refractivity contribution in [2.45, 2.75) is 19.5 Å². The number of amides is 2. The van der Waals surface area contributed by atoms with E-state index in [2.05, 4.69) is 26.6 Å². The molecule has 0 aliphatic rings. The van der Waals surface area contributed by atoms with Gasteiger partial charge in [0, 0.05) is 14.7 Å². The molecule has 0 spiro atoms. The lowest BCUT2D eigenvalue weighted by Gasteiger charge is -2.11. The maximum absolute atomic E-state index is 11.3. The average molecular weight is 293 g/mol. The van der Waals surface area contributed by atoms with Crippen molar-refractivity contribution in [2.24, 2.45) is 0 Å². The average Bonchev–Trinajstić information content (AvgIpc) is 2.61. The van der Waals surface area contributed by atoms with Crippen molar-refractivity contribution >= 4 is 33.3 Å². The lowest BCUT2D eigenvalue weighted by atomic mass is 10.4. The Morgan fingerprint density at radius 1 is 1.73 bits per heavy atom. The topological polar surface area (TPSA) is 61.4 Å². The Morgan fingerprint density at radius 2 is 2.47 bits per heavy atom. The zero-order valence-corrected chi connectivity index (χ0v) is 10.7. The van der Waals surface area contributed by atoms with Gasteiger partial charge in [0.05, 0.1) is 19.2 Å². The standard InChI is InChI=1S/C9H13BrN2O2S/c1-6(4-13)12-9(14)11-3-8-2-7(10)5-15-8/h2,5-6,13H,3-4H2,1H3,(H2,11,12,14)/t6-/m0/s1. The summed E-state index contributed by atoms with van der Waals surface area (Å²) < 4.78 is 1.02. The van der Waals surface area contributed by atoms with Gasteiger partial charge in [0.25, 0.3) is 0 Å². The van der Waals surface area contributed by atoms with Crippen LogP contribution in [0.5, 0.6) is 0 Å². The van der Waals surface area contributed by atoms with Crippen LogP contribution in [-0.4, -0.2) is 23.8 Å². The van der Waals surface area contributed by atoms with E-state index in [1.54, 1.807) is 18.3 Å². The molecule has 0 aromatic carbocycles.